The molecule has 0 fully saturated rings. The van der Waals surface area contributed by atoms with Gasteiger partial charge in [0, 0.05) is 10.0 Å². The summed E-state index contributed by atoms with van der Waals surface area (Å²) in [6.07, 6.45) is -0.565. The van der Waals surface area contributed by atoms with Crippen LogP contribution in [0.3, 0.4) is 0 Å². The van der Waals surface area contributed by atoms with Gasteiger partial charge < -0.3 is 15.3 Å². The summed E-state index contributed by atoms with van der Waals surface area (Å²) < 4.78 is 0.591. The predicted octanol–water partition coefficient (Wildman–Crippen LogP) is 1.80. The summed E-state index contributed by atoms with van der Waals surface area (Å²) >= 11 is 3.11. The first-order valence-corrected chi connectivity index (χ1v) is 5.14. The Balaban J connectivity index is 3.10. The maximum atomic E-state index is 10.9. The van der Waals surface area contributed by atoms with Crippen LogP contribution in [0.25, 0.3) is 0 Å². The molecule has 1 rings (SSSR count). The van der Waals surface area contributed by atoms with Crippen LogP contribution in [0.2, 0.25) is 0 Å². The van der Waals surface area contributed by atoms with Crippen LogP contribution < -0.4 is 0 Å². The number of hydrogen-bond acceptors (Lipinski definition) is 3. The van der Waals surface area contributed by atoms with Gasteiger partial charge in [-0.05, 0) is 12.1 Å². The standard InChI is InChI=1S/C10H9BrO5/c11-5-1-2-6(8(12)3-5)7(10(15)16)4-9(13)14/h1-3,7,12H,4H2,(H,13,14)(H,15,16). The molecule has 0 radical (unpaired) electrons. The number of phenols is 1. The highest BCUT2D eigenvalue weighted by molar-refractivity contribution is 9.10. The van der Waals surface area contributed by atoms with Crippen LogP contribution >= 0.6 is 15.9 Å². The lowest BCUT2D eigenvalue weighted by Crippen LogP contribution is -2.16. The number of halogens is 1. The number of benzene rings is 1. The van der Waals surface area contributed by atoms with E-state index in [0.717, 1.165) is 0 Å². The number of phenolic OH excluding ortho intramolecular Hbond substituents is 1. The highest BCUT2D eigenvalue weighted by Gasteiger charge is 2.25. The fourth-order valence-electron chi connectivity index (χ4n) is 1.32. The molecule has 1 unspecified atom stereocenters. The van der Waals surface area contributed by atoms with Crippen LogP contribution in [0.5, 0.6) is 5.75 Å². The molecule has 0 spiro atoms. The Bertz CT molecular complexity index is 429. The second-order valence-electron chi connectivity index (χ2n) is 3.19. The van der Waals surface area contributed by atoms with E-state index in [4.69, 9.17) is 10.2 Å². The third kappa shape index (κ3) is 2.96. The third-order valence-electron chi connectivity index (χ3n) is 2.04. The summed E-state index contributed by atoms with van der Waals surface area (Å²) in [4.78, 5) is 21.4. The average molecular weight is 289 g/mol. The van der Waals surface area contributed by atoms with Crippen molar-refractivity contribution in [3.8, 4) is 5.75 Å². The molecule has 1 aromatic carbocycles. The van der Waals surface area contributed by atoms with Gasteiger partial charge in [0.1, 0.15) is 5.75 Å². The monoisotopic (exact) mass is 288 g/mol. The van der Waals surface area contributed by atoms with Gasteiger partial charge in [0.25, 0.3) is 0 Å². The van der Waals surface area contributed by atoms with Crippen molar-refractivity contribution in [1.29, 1.82) is 0 Å². The van der Waals surface area contributed by atoms with Gasteiger partial charge in [-0.2, -0.15) is 0 Å². The molecule has 0 heterocycles. The zero-order valence-electron chi connectivity index (χ0n) is 8.05. The Hall–Kier alpha value is -1.56. The lowest BCUT2D eigenvalue weighted by molar-refractivity contribution is -0.145. The van der Waals surface area contributed by atoms with Crippen LogP contribution in [0.4, 0.5) is 0 Å². The van der Waals surface area contributed by atoms with Gasteiger partial charge >= 0.3 is 11.9 Å². The van der Waals surface area contributed by atoms with Crippen LogP contribution in [0.15, 0.2) is 22.7 Å². The van der Waals surface area contributed by atoms with E-state index in [1.54, 1.807) is 6.07 Å². The Labute approximate surface area is 99.5 Å². The van der Waals surface area contributed by atoms with Gasteiger partial charge in [0.2, 0.25) is 0 Å². The molecule has 3 N–H and O–H groups in total. The summed E-state index contributed by atoms with van der Waals surface area (Å²) in [5, 5.41) is 27.0. The van der Waals surface area contributed by atoms with E-state index < -0.39 is 24.3 Å². The Morgan fingerprint density at radius 1 is 1.31 bits per heavy atom. The number of carboxylic acids is 2. The van der Waals surface area contributed by atoms with Crippen molar-refractivity contribution in [3.05, 3.63) is 28.2 Å². The molecule has 0 aromatic heterocycles. The van der Waals surface area contributed by atoms with Crippen LogP contribution in [-0.2, 0) is 9.59 Å². The molecule has 0 aliphatic rings. The molecule has 0 saturated heterocycles. The largest absolute Gasteiger partial charge is 0.508 e. The van der Waals surface area contributed by atoms with E-state index in [-0.39, 0.29) is 11.3 Å². The molecule has 6 heteroatoms. The first-order valence-electron chi connectivity index (χ1n) is 4.35. The molecule has 0 amide bonds. The highest BCUT2D eigenvalue weighted by atomic mass is 79.9. The Morgan fingerprint density at radius 3 is 2.38 bits per heavy atom. The maximum absolute atomic E-state index is 10.9. The highest BCUT2D eigenvalue weighted by Crippen LogP contribution is 2.31. The van der Waals surface area contributed by atoms with Crippen molar-refractivity contribution in [3.63, 3.8) is 0 Å². The van der Waals surface area contributed by atoms with Crippen molar-refractivity contribution in [2.24, 2.45) is 0 Å². The molecule has 86 valence electrons. The van der Waals surface area contributed by atoms with Crippen LogP contribution in [-0.4, -0.2) is 27.3 Å². The molecule has 0 bridgehead atoms. The predicted molar refractivity (Wildman–Crippen MR) is 58.4 cm³/mol. The number of hydrogen-bond donors (Lipinski definition) is 3. The Morgan fingerprint density at radius 2 is 1.94 bits per heavy atom. The van der Waals surface area contributed by atoms with Crippen LogP contribution in [0.1, 0.15) is 17.9 Å². The first-order chi connectivity index (χ1) is 7.41. The van der Waals surface area contributed by atoms with E-state index in [0.29, 0.717) is 4.47 Å². The van der Waals surface area contributed by atoms with Gasteiger partial charge in [-0.25, -0.2) is 0 Å². The first kappa shape index (κ1) is 12.5. The summed E-state index contributed by atoms with van der Waals surface area (Å²) in [5.41, 5.74) is 0.0955. The molecule has 0 saturated carbocycles. The minimum absolute atomic E-state index is 0.0955. The van der Waals surface area contributed by atoms with Crippen molar-refractivity contribution in [2.75, 3.05) is 0 Å². The van der Waals surface area contributed by atoms with E-state index in [2.05, 4.69) is 15.9 Å². The minimum atomic E-state index is -1.28. The molecule has 1 aromatic rings. The quantitative estimate of drug-likeness (QED) is 0.785. The van der Waals surface area contributed by atoms with E-state index in [1.165, 1.54) is 12.1 Å². The number of carbonyl (C=O) groups is 2. The summed E-state index contributed by atoms with van der Waals surface area (Å²) in [6.45, 7) is 0. The summed E-state index contributed by atoms with van der Waals surface area (Å²) in [7, 11) is 0. The van der Waals surface area contributed by atoms with Gasteiger partial charge in [-0.1, -0.05) is 22.0 Å². The van der Waals surface area contributed by atoms with Crippen molar-refractivity contribution in [2.45, 2.75) is 12.3 Å². The second kappa shape index (κ2) is 4.98. The van der Waals surface area contributed by atoms with Gasteiger partial charge in [0.15, 0.2) is 0 Å². The van der Waals surface area contributed by atoms with Gasteiger partial charge in [-0.3, -0.25) is 9.59 Å². The van der Waals surface area contributed by atoms with Gasteiger partial charge in [0.05, 0.1) is 12.3 Å². The van der Waals surface area contributed by atoms with Crippen molar-refractivity contribution >= 4 is 27.9 Å². The minimum Gasteiger partial charge on any atom is -0.508 e. The van der Waals surface area contributed by atoms with Crippen molar-refractivity contribution < 1.29 is 24.9 Å². The third-order valence-corrected chi connectivity index (χ3v) is 2.54. The summed E-state index contributed by atoms with van der Waals surface area (Å²) in [5.74, 6) is -3.98. The number of aromatic hydroxyl groups is 1. The Kier molecular flexibility index (Phi) is 3.89. The zero-order valence-corrected chi connectivity index (χ0v) is 9.64. The molecular formula is C10H9BrO5. The molecule has 1 atom stereocenters. The topological polar surface area (TPSA) is 94.8 Å². The fourth-order valence-corrected chi connectivity index (χ4v) is 1.67. The number of aliphatic carboxylic acids is 2. The lowest BCUT2D eigenvalue weighted by Gasteiger charge is -2.12. The molecular weight excluding hydrogens is 280 g/mol. The number of carboxylic acid groups (broad SMARTS) is 2. The molecule has 5 nitrogen and oxygen atoms in total. The van der Waals surface area contributed by atoms with E-state index in [9.17, 15) is 14.7 Å². The zero-order chi connectivity index (χ0) is 12.3. The number of rotatable bonds is 4. The van der Waals surface area contributed by atoms with E-state index in [1.807, 2.05) is 0 Å². The molecule has 0 aliphatic carbocycles. The molecule has 16 heavy (non-hydrogen) atoms. The smallest absolute Gasteiger partial charge is 0.311 e. The summed E-state index contributed by atoms with van der Waals surface area (Å²) in [6, 6.07) is 4.26. The maximum Gasteiger partial charge on any atom is 0.311 e. The normalized spacial score (nSPS) is 12.1. The van der Waals surface area contributed by atoms with Crippen molar-refractivity contribution in [1.82, 2.24) is 0 Å². The fraction of sp³-hybridized carbons (Fsp3) is 0.200. The van der Waals surface area contributed by atoms with Crippen LogP contribution in [0, 0.1) is 0 Å². The van der Waals surface area contributed by atoms with E-state index >= 15 is 0 Å². The SMILES string of the molecule is O=C(O)CC(C(=O)O)c1ccc(Br)cc1O. The average Bonchev–Trinajstić information content (AvgIpc) is 2.14. The lowest BCUT2D eigenvalue weighted by atomic mass is 9.95. The molecule has 0 aliphatic heterocycles. The second-order valence-corrected chi connectivity index (χ2v) is 4.11. The van der Waals surface area contributed by atoms with Gasteiger partial charge in [-0.15, -0.1) is 0 Å².